The number of hydrogen-bond acceptors (Lipinski definition) is 6. The number of carbonyl (C=O) groups excluding carboxylic acids is 2. The van der Waals surface area contributed by atoms with Crippen molar-refractivity contribution >= 4 is 29.2 Å². The summed E-state index contributed by atoms with van der Waals surface area (Å²) >= 11 is 6.17. The topological polar surface area (TPSA) is 88.4 Å². The number of hydrogen-bond donors (Lipinski definition) is 1. The lowest BCUT2D eigenvalue weighted by molar-refractivity contribution is -0.152. The fourth-order valence-corrected chi connectivity index (χ4v) is 2.20. The fourth-order valence-electron chi connectivity index (χ4n) is 1.93. The molecule has 1 aromatic rings. The molecule has 0 aliphatic carbocycles. The zero-order chi connectivity index (χ0) is 18.2. The highest BCUT2D eigenvalue weighted by atomic mass is 35.5. The van der Waals surface area contributed by atoms with Crippen LogP contribution >= 0.6 is 11.6 Å². The van der Waals surface area contributed by atoms with E-state index < -0.39 is 17.5 Å². The van der Waals surface area contributed by atoms with Gasteiger partial charge in [0, 0.05) is 6.42 Å². The van der Waals surface area contributed by atoms with Crippen molar-refractivity contribution in [1.29, 1.82) is 5.26 Å². The van der Waals surface area contributed by atoms with E-state index in [0.717, 1.165) is 5.56 Å². The molecule has 1 aromatic carbocycles. The summed E-state index contributed by atoms with van der Waals surface area (Å²) in [6.45, 7) is 5.07. The van der Waals surface area contributed by atoms with Gasteiger partial charge in [-0.3, -0.25) is 9.59 Å². The first kappa shape index (κ1) is 19.8. The molecule has 0 radical (unpaired) electrons. The molecule has 0 atom stereocenters. The van der Waals surface area contributed by atoms with E-state index in [0.29, 0.717) is 17.1 Å². The summed E-state index contributed by atoms with van der Waals surface area (Å²) < 4.78 is 9.94. The molecular formula is C17H21ClN2O4. The molecule has 1 N–H and O–H groups in total. The lowest BCUT2D eigenvalue weighted by atomic mass is 10.1. The molecule has 0 fully saturated rings. The summed E-state index contributed by atoms with van der Waals surface area (Å²) in [4.78, 5) is 23.3. The van der Waals surface area contributed by atoms with E-state index in [4.69, 9.17) is 26.3 Å². The monoisotopic (exact) mass is 352 g/mol. The third-order valence-electron chi connectivity index (χ3n) is 2.83. The summed E-state index contributed by atoms with van der Waals surface area (Å²) in [5, 5.41) is 11.8. The Morgan fingerprint density at radius 2 is 2.00 bits per heavy atom. The molecule has 6 nitrogen and oxygen atoms in total. The van der Waals surface area contributed by atoms with E-state index in [2.05, 4.69) is 5.32 Å². The number of rotatable bonds is 7. The molecule has 7 heteroatoms. The number of esters is 2. The second-order valence-corrected chi connectivity index (χ2v) is 6.44. The summed E-state index contributed by atoms with van der Waals surface area (Å²) in [5.74, 6) is -0.864. The highest BCUT2D eigenvalue weighted by Gasteiger charge is 2.17. The van der Waals surface area contributed by atoms with E-state index in [1.807, 2.05) is 0 Å². The van der Waals surface area contributed by atoms with Crippen molar-refractivity contribution < 1.29 is 19.1 Å². The Labute approximate surface area is 146 Å². The number of benzene rings is 1. The van der Waals surface area contributed by atoms with Crippen LogP contribution in [0.2, 0.25) is 5.02 Å². The second kappa shape index (κ2) is 9.14. The van der Waals surface area contributed by atoms with Crippen molar-refractivity contribution in [2.75, 3.05) is 18.5 Å². The zero-order valence-electron chi connectivity index (χ0n) is 14.0. The van der Waals surface area contributed by atoms with Gasteiger partial charge in [-0.1, -0.05) is 23.7 Å². The number of para-hydroxylation sites is 1. The number of anilines is 1. The second-order valence-electron chi connectivity index (χ2n) is 6.03. The third kappa shape index (κ3) is 7.34. The highest BCUT2D eigenvalue weighted by molar-refractivity contribution is 6.33. The van der Waals surface area contributed by atoms with E-state index in [1.165, 1.54) is 0 Å². The SMILES string of the molecule is CC(C)(C)OC(=O)CNc1c(Cl)cccc1CCC(=O)OCC#N. The van der Waals surface area contributed by atoms with E-state index in [-0.39, 0.29) is 19.6 Å². The van der Waals surface area contributed by atoms with Gasteiger partial charge in [0.05, 0.1) is 10.7 Å². The summed E-state index contributed by atoms with van der Waals surface area (Å²) in [7, 11) is 0. The minimum atomic E-state index is -0.563. The quantitative estimate of drug-likeness (QED) is 0.758. The Balaban J connectivity index is 2.68. The predicted molar refractivity (Wildman–Crippen MR) is 90.7 cm³/mol. The molecule has 130 valence electrons. The first-order valence-electron chi connectivity index (χ1n) is 7.48. The van der Waals surface area contributed by atoms with Crippen molar-refractivity contribution in [1.82, 2.24) is 0 Å². The normalized spacial score (nSPS) is 10.6. The lowest BCUT2D eigenvalue weighted by Crippen LogP contribution is -2.28. The molecule has 0 aliphatic rings. The molecule has 0 bridgehead atoms. The van der Waals surface area contributed by atoms with Crippen LogP contribution in [-0.4, -0.2) is 30.7 Å². The van der Waals surface area contributed by atoms with E-state index in [1.54, 1.807) is 45.0 Å². The van der Waals surface area contributed by atoms with Crippen LogP contribution in [0.1, 0.15) is 32.8 Å². The Hall–Kier alpha value is -2.26. The number of aryl methyl sites for hydroxylation is 1. The van der Waals surface area contributed by atoms with Crippen LogP contribution in [0.3, 0.4) is 0 Å². The molecular weight excluding hydrogens is 332 g/mol. The van der Waals surface area contributed by atoms with Crippen LogP contribution in [0.5, 0.6) is 0 Å². The van der Waals surface area contributed by atoms with Crippen LogP contribution in [0.25, 0.3) is 0 Å². The minimum absolute atomic E-state index is 0.0348. The van der Waals surface area contributed by atoms with Crippen LogP contribution in [0.4, 0.5) is 5.69 Å². The molecule has 24 heavy (non-hydrogen) atoms. The summed E-state index contributed by atoms with van der Waals surface area (Å²) in [5.41, 5.74) is 0.796. The fraction of sp³-hybridized carbons (Fsp3) is 0.471. The van der Waals surface area contributed by atoms with Gasteiger partial charge in [0.25, 0.3) is 0 Å². The van der Waals surface area contributed by atoms with Gasteiger partial charge in [-0.25, -0.2) is 0 Å². The number of carbonyl (C=O) groups is 2. The van der Waals surface area contributed by atoms with Crippen molar-refractivity contribution in [3.05, 3.63) is 28.8 Å². The zero-order valence-corrected chi connectivity index (χ0v) is 14.8. The Kier molecular flexibility index (Phi) is 7.53. The van der Waals surface area contributed by atoms with Crippen molar-refractivity contribution in [2.24, 2.45) is 0 Å². The average Bonchev–Trinajstić information content (AvgIpc) is 2.48. The average molecular weight is 353 g/mol. The molecule has 0 amide bonds. The first-order chi connectivity index (χ1) is 11.2. The predicted octanol–water partition coefficient (Wildman–Crippen LogP) is 3.09. The maximum Gasteiger partial charge on any atom is 0.325 e. The molecule has 0 saturated heterocycles. The van der Waals surface area contributed by atoms with Crippen LogP contribution < -0.4 is 5.32 Å². The minimum Gasteiger partial charge on any atom is -0.459 e. The highest BCUT2D eigenvalue weighted by Crippen LogP contribution is 2.27. The van der Waals surface area contributed by atoms with Gasteiger partial charge in [0.15, 0.2) is 6.61 Å². The molecule has 0 unspecified atom stereocenters. The number of ether oxygens (including phenoxy) is 2. The maximum atomic E-state index is 11.8. The standard InChI is InChI=1S/C17H21ClN2O4/c1-17(2,3)24-15(22)11-20-16-12(5-4-6-13(16)18)7-8-14(21)23-10-9-19/h4-6,20H,7-8,10-11H2,1-3H3. The maximum absolute atomic E-state index is 11.8. The smallest absolute Gasteiger partial charge is 0.325 e. The van der Waals surface area contributed by atoms with Crippen molar-refractivity contribution in [3.8, 4) is 6.07 Å². The first-order valence-corrected chi connectivity index (χ1v) is 7.86. The molecule has 0 aliphatic heterocycles. The molecule has 1 rings (SSSR count). The number of nitrogens with zero attached hydrogens (tertiary/aromatic N) is 1. The van der Waals surface area contributed by atoms with Gasteiger partial charge in [-0.2, -0.15) is 5.26 Å². The van der Waals surface area contributed by atoms with E-state index >= 15 is 0 Å². The lowest BCUT2D eigenvalue weighted by Gasteiger charge is -2.20. The van der Waals surface area contributed by atoms with Crippen LogP contribution in [0.15, 0.2) is 18.2 Å². The third-order valence-corrected chi connectivity index (χ3v) is 3.14. The van der Waals surface area contributed by atoms with E-state index in [9.17, 15) is 9.59 Å². The van der Waals surface area contributed by atoms with Gasteiger partial charge in [0.1, 0.15) is 18.2 Å². The largest absolute Gasteiger partial charge is 0.459 e. The van der Waals surface area contributed by atoms with Gasteiger partial charge in [-0.05, 0) is 38.8 Å². The number of halogens is 1. The Morgan fingerprint density at radius 1 is 1.29 bits per heavy atom. The van der Waals surface area contributed by atoms with Gasteiger partial charge >= 0.3 is 11.9 Å². The number of nitriles is 1. The van der Waals surface area contributed by atoms with Crippen molar-refractivity contribution in [2.45, 2.75) is 39.2 Å². The van der Waals surface area contributed by atoms with Crippen molar-refractivity contribution in [3.63, 3.8) is 0 Å². The summed E-state index contributed by atoms with van der Waals surface area (Å²) in [6.07, 6.45) is 0.491. The summed E-state index contributed by atoms with van der Waals surface area (Å²) in [6, 6.07) is 7.00. The van der Waals surface area contributed by atoms with Gasteiger partial charge in [0.2, 0.25) is 0 Å². The molecule has 0 spiro atoms. The molecule has 0 heterocycles. The molecule has 0 aromatic heterocycles. The van der Waals surface area contributed by atoms with Gasteiger partial charge in [-0.15, -0.1) is 0 Å². The number of nitrogens with one attached hydrogen (secondary N) is 1. The Bertz CT molecular complexity index is 632. The Morgan fingerprint density at radius 3 is 2.62 bits per heavy atom. The van der Waals surface area contributed by atoms with Gasteiger partial charge < -0.3 is 14.8 Å². The van der Waals surface area contributed by atoms with Crippen LogP contribution in [0, 0.1) is 11.3 Å². The molecule has 0 saturated carbocycles. The van der Waals surface area contributed by atoms with Crippen LogP contribution in [-0.2, 0) is 25.5 Å².